The largest absolute Gasteiger partial charge is 0.269 e. The Bertz CT molecular complexity index is 1500. The zero-order chi connectivity index (χ0) is 24.4. The second kappa shape index (κ2) is 10.1. The van der Waals surface area contributed by atoms with Gasteiger partial charge in [-0.3, -0.25) is 10.1 Å². The van der Waals surface area contributed by atoms with Gasteiger partial charge in [0.2, 0.25) is 4.80 Å². The third-order valence-electron chi connectivity index (χ3n) is 4.76. The van der Waals surface area contributed by atoms with E-state index in [2.05, 4.69) is 36.9 Å². The highest BCUT2D eigenvalue weighted by Gasteiger charge is 2.13. The average Bonchev–Trinajstić information content (AvgIpc) is 3.17. The number of rotatable bonds is 5. The second-order valence-corrected chi connectivity index (χ2v) is 9.64. The minimum Gasteiger partial charge on any atom is -0.258 e. The summed E-state index contributed by atoms with van der Waals surface area (Å²) in [7, 11) is 0. The smallest absolute Gasteiger partial charge is 0.258 e. The highest BCUT2D eigenvalue weighted by molar-refractivity contribution is 9.11. The number of nitrogens with zero attached hydrogens (tertiary/aromatic N) is 4. The number of non-ortho nitro benzene ring substituents is 1. The van der Waals surface area contributed by atoms with E-state index in [1.54, 1.807) is 22.2 Å². The number of benzene rings is 3. The summed E-state index contributed by atoms with van der Waals surface area (Å²) in [6.45, 7) is 1.82. The third-order valence-corrected chi connectivity index (χ3v) is 6.72. The number of halogens is 4. The average molecular weight is 608 g/mol. The van der Waals surface area contributed by atoms with Gasteiger partial charge in [0.25, 0.3) is 5.69 Å². The normalized spacial score (nSPS) is 12.3. The first-order chi connectivity index (χ1) is 16.2. The molecule has 1 heterocycles. The van der Waals surface area contributed by atoms with Crippen LogP contribution in [0.1, 0.15) is 12.5 Å². The SMILES string of the molecule is CC(=Nn1c(-c2ccc([N+](=O)[O-])cc2)csc1=Nc1ccc(F)cc1F)c1ccc(Br)cc1Br. The summed E-state index contributed by atoms with van der Waals surface area (Å²) < 4.78 is 30.9. The quantitative estimate of drug-likeness (QED) is 0.134. The van der Waals surface area contributed by atoms with E-state index in [1.807, 2.05) is 25.1 Å². The van der Waals surface area contributed by atoms with Crippen LogP contribution in [0.25, 0.3) is 11.3 Å². The van der Waals surface area contributed by atoms with Gasteiger partial charge in [0, 0.05) is 43.7 Å². The van der Waals surface area contributed by atoms with Crippen molar-refractivity contribution in [2.24, 2.45) is 10.1 Å². The fourth-order valence-electron chi connectivity index (χ4n) is 3.09. The summed E-state index contributed by atoms with van der Waals surface area (Å²) >= 11 is 8.17. The van der Waals surface area contributed by atoms with Crippen LogP contribution in [0.4, 0.5) is 20.2 Å². The number of hydrogen-bond acceptors (Lipinski definition) is 5. The molecule has 4 aromatic rings. The van der Waals surface area contributed by atoms with Crippen molar-refractivity contribution in [2.75, 3.05) is 0 Å². The monoisotopic (exact) mass is 606 g/mol. The van der Waals surface area contributed by atoms with Crippen molar-refractivity contribution < 1.29 is 13.7 Å². The topological polar surface area (TPSA) is 72.8 Å². The molecule has 1 aromatic heterocycles. The Morgan fingerprint density at radius 2 is 1.79 bits per heavy atom. The number of hydrogen-bond donors (Lipinski definition) is 0. The Hall–Kier alpha value is -3.02. The lowest BCUT2D eigenvalue weighted by molar-refractivity contribution is -0.384. The molecule has 0 unspecified atom stereocenters. The fourth-order valence-corrected chi connectivity index (χ4v) is 5.26. The number of thiazole rings is 1. The van der Waals surface area contributed by atoms with Gasteiger partial charge in [0.15, 0.2) is 5.82 Å². The van der Waals surface area contributed by atoms with Gasteiger partial charge in [-0.1, -0.05) is 37.9 Å². The molecular weight excluding hydrogens is 594 g/mol. The minimum atomic E-state index is -0.798. The van der Waals surface area contributed by atoms with Crippen molar-refractivity contribution >= 4 is 60.3 Å². The van der Waals surface area contributed by atoms with Crippen LogP contribution in [0.2, 0.25) is 0 Å². The first kappa shape index (κ1) is 24.1. The van der Waals surface area contributed by atoms with Crippen LogP contribution in [-0.4, -0.2) is 15.3 Å². The van der Waals surface area contributed by atoms with Crippen molar-refractivity contribution in [3.05, 3.63) is 107 Å². The molecule has 0 amide bonds. The lowest BCUT2D eigenvalue weighted by atomic mass is 10.1. The maximum Gasteiger partial charge on any atom is 0.269 e. The molecule has 11 heteroatoms. The summed E-state index contributed by atoms with van der Waals surface area (Å²) in [4.78, 5) is 15.3. The van der Waals surface area contributed by atoms with E-state index in [-0.39, 0.29) is 11.4 Å². The number of nitro groups is 1. The molecular formula is C23H14Br2F2N4O2S. The molecule has 0 N–H and O–H groups in total. The Balaban J connectivity index is 1.91. The van der Waals surface area contributed by atoms with Gasteiger partial charge in [-0.05, 0) is 43.3 Å². The van der Waals surface area contributed by atoms with Gasteiger partial charge in [0.05, 0.1) is 16.3 Å². The zero-order valence-corrected chi connectivity index (χ0v) is 21.4. The molecule has 172 valence electrons. The van der Waals surface area contributed by atoms with E-state index in [9.17, 15) is 18.9 Å². The van der Waals surface area contributed by atoms with E-state index < -0.39 is 16.6 Å². The Labute approximate surface area is 213 Å². The van der Waals surface area contributed by atoms with Crippen LogP contribution in [0.15, 0.2) is 85.1 Å². The molecule has 0 atom stereocenters. The summed E-state index contributed by atoms with van der Waals surface area (Å²) in [5.74, 6) is -1.50. The molecule has 0 aliphatic carbocycles. The summed E-state index contributed by atoms with van der Waals surface area (Å²) in [5, 5.41) is 17.5. The van der Waals surface area contributed by atoms with E-state index in [0.29, 0.717) is 21.8 Å². The first-order valence-electron chi connectivity index (χ1n) is 9.69. The van der Waals surface area contributed by atoms with Gasteiger partial charge in [0.1, 0.15) is 11.5 Å². The Morgan fingerprint density at radius 3 is 2.44 bits per heavy atom. The van der Waals surface area contributed by atoms with Crippen LogP contribution >= 0.6 is 43.2 Å². The highest BCUT2D eigenvalue weighted by Crippen LogP contribution is 2.26. The molecule has 4 rings (SSSR count). The van der Waals surface area contributed by atoms with Crippen molar-refractivity contribution in [3.8, 4) is 11.3 Å². The van der Waals surface area contributed by atoms with Gasteiger partial charge >= 0.3 is 0 Å². The summed E-state index contributed by atoms with van der Waals surface area (Å²) in [6, 6.07) is 14.8. The number of nitro benzene ring substituents is 1. The van der Waals surface area contributed by atoms with Crippen LogP contribution in [0, 0.1) is 21.7 Å². The maximum absolute atomic E-state index is 14.3. The molecule has 0 saturated heterocycles. The van der Waals surface area contributed by atoms with E-state index in [1.165, 1.54) is 29.5 Å². The van der Waals surface area contributed by atoms with Crippen LogP contribution in [0.5, 0.6) is 0 Å². The van der Waals surface area contributed by atoms with Gasteiger partial charge < -0.3 is 0 Å². The molecule has 0 spiro atoms. The van der Waals surface area contributed by atoms with E-state index >= 15 is 0 Å². The fraction of sp³-hybridized carbons (Fsp3) is 0.0435. The van der Waals surface area contributed by atoms with Gasteiger partial charge in [-0.15, -0.1) is 11.3 Å². The lowest BCUT2D eigenvalue weighted by Crippen LogP contribution is -2.14. The molecule has 0 radical (unpaired) electrons. The maximum atomic E-state index is 14.3. The van der Waals surface area contributed by atoms with Crippen LogP contribution < -0.4 is 4.80 Å². The lowest BCUT2D eigenvalue weighted by Gasteiger charge is -2.08. The van der Waals surface area contributed by atoms with Gasteiger partial charge in [-0.2, -0.15) is 5.10 Å². The highest BCUT2D eigenvalue weighted by atomic mass is 79.9. The summed E-state index contributed by atoms with van der Waals surface area (Å²) in [5.41, 5.74) is 2.66. The third kappa shape index (κ3) is 5.21. The molecule has 0 saturated carbocycles. The summed E-state index contributed by atoms with van der Waals surface area (Å²) in [6.07, 6.45) is 0. The van der Waals surface area contributed by atoms with Crippen LogP contribution in [-0.2, 0) is 0 Å². The first-order valence-corrected chi connectivity index (χ1v) is 12.2. The standard InChI is InChI=1S/C23H14Br2F2N4O2S/c1-13(18-8-4-15(24)10-19(18)25)29-30-22(14-2-6-17(7-3-14)31(32)33)12-34-23(30)28-21-9-5-16(26)11-20(21)27/h2-12H,1H3. The van der Waals surface area contributed by atoms with Crippen molar-refractivity contribution in [1.29, 1.82) is 0 Å². The van der Waals surface area contributed by atoms with Crippen LogP contribution in [0.3, 0.4) is 0 Å². The zero-order valence-electron chi connectivity index (χ0n) is 17.4. The van der Waals surface area contributed by atoms with Crippen molar-refractivity contribution in [1.82, 2.24) is 4.68 Å². The van der Waals surface area contributed by atoms with Gasteiger partial charge in [-0.25, -0.2) is 18.4 Å². The molecule has 0 aliphatic rings. The molecule has 34 heavy (non-hydrogen) atoms. The molecule has 0 aliphatic heterocycles. The molecule has 0 bridgehead atoms. The molecule has 3 aromatic carbocycles. The van der Waals surface area contributed by atoms with Crippen molar-refractivity contribution in [3.63, 3.8) is 0 Å². The van der Waals surface area contributed by atoms with E-state index in [0.717, 1.165) is 26.6 Å². The molecule has 6 nitrogen and oxygen atoms in total. The number of aromatic nitrogens is 1. The minimum absolute atomic E-state index is 0.0371. The predicted molar refractivity (Wildman–Crippen MR) is 135 cm³/mol. The predicted octanol–water partition coefficient (Wildman–Crippen LogP) is 7.43. The Morgan fingerprint density at radius 1 is 1.06 bits per heavy atom. The molecule has 0 fully saturated rings. The van der Waals surface area contributed by atoms with E-state index in [4.69, 9.17) is 5.10 Å². The Kier molecular flexibility index (Phi) is 7.15. The second-order valence-electron chi connectivity index (χ2n) is 7.04. The van der Waals surface area contributed by atoms with Crippen molar-refractivity contribution in [2.45, 2.75) is 6.92 Å².